The van der Waals surface area contributed by atoms with Crippen LogP contribution in [0, 0.1) is 17.0 Å². The largest absolute Gasteiger partial charge is 0.365 e. The van der Waals surface area contributed by atoms with Crippen molar-refractivity contribution in [3.63, 3.8) is 0 Å². The molecule has 0 atom stereocenters. The lowest BCUT2D eigenvalue weighted by atomic mass is 10.2. The molecule has 1 N–H and O–H groups in total. The van der Waals surface area contributed by atoms with Crippen LogP contribution in [-0.4, -0.2) is 9.91 Å². The fraction of sp³-hybridized carbons (Fsp3) is 0.182. The number of aromatic nitrogens is 1. The molecule has 88 valence electrons. The van der Waals surface area contributed by atoms with Crippen molar-refractivity contribution in [2.24, 2.45) is 0 Å². The summed E-state index contributed by atoms with van der Waals surface area (Å²) in [6, 6.07) is 5.69. The normalized spacial score (nSPS) is 10.2. The predicted octanol–water partition coefficient (Wildman–Crippen LogP) is 2.97. The van der Waals surface area contributed by atoms with E-state index in [1.165, 1.54) is 11.1 Å². The molecule has 0 aromatic carbocycles. The van der Waals surface area contributed by atoms with E-state index >= 15 is 0 Å². The highest BCUT2D eigenvalue weighted by Crippen LogP contribution is 2.19. The molecule has 0 bridgehead atoms. The number of hydrogen-bond donors (Lipinski definition) is 1. The predicted molar refractivity (Wildman–Crippen MR) is 67.3 cm³/mol. The first-order valence-corrected chi connectivity index (χ1v) is 5.92. The van der Waals surface area contributed by atoms with Gasteiger partial charge in [-0.1, -0.05) is 6.07 Å². The number of thiophene rings is 1. The number of nitrogens with one attached hydrogen (secondary N) is 1. The van der Waals surface area contributed by atoms with Crippen LogP contribution in [0.25, 0.3) is 0 Å². The van der Waals surface area contributed by atoms with Gasteiger partial charge in [-0.05, 0) is 24.4 Å². The Hall–Kier alpha value is -1.95. The van der Waals surface area contributed by atoms with E-state index in [0.717, 1.165) is 0 Å². The molecule has 0 unspecified atom stereocenters. The van der Waals surface area contributed by atoms with Crippen LogP contribution in [0.2, 0.25) is 0 Å². The van der Waals surface area contributed by atoms with E-state index in [-0.39, 0.29) is 5.69 Å². The van der Waals surface area contributed by atoms with Crippen molar-refractivity contribution in [1.29, 1.82) is 0 Å². The summed E-state index contributed by atoms with van der Waals surface area (Å²) in [4.78, 5) is 15.4. The number of hydrogen-bond acceptors (Lipinski definition) is 5. The number of pyridine rings is 1. The van der Waals surface area contributed by atoms with Gasteiger partial charge in [-0.15, -0.1) is 11.3 Å². The van der Waals surface area contributed by atoms with E-state index in [4.69, 9.17) is 0 Å². The Labute approximate surface area is 102 Å². The molecule has 0 aliphatic heterocycles. The number of rotatable bonds is 4. The van der Waals surface area contributed by atoms with Gasteiger partial charge in [0.25, 0.3) is 5.69 Å². The maximum absolute atomic E-state index is 10.6. The van der Waals surface area contributed by atoms with Gasteiger partial charge in [0.05, 0.1) is 11.5 Å². The van der Waals surface area contributed by atoms with Gasteiger partial charge in [0, 0.05) is 10.4 Å². The number of nitro groups is 1. The second-order valence-corrected chi connectivity index (χ2v) is 4.58. The van der Waals surface area contributed by atoms with Crippen LogP contribution in [0.1, 0.15) is 10.4 Å². The first-order chi connectivity index (χ1) is 8.16. The van der Waals surface area contributed by atoms with Gasteiger partial charge in [-0.2, -0.15) is 0 Å². The number of aryl methyl sites for hydroxylation is 1. The van der Waals surface area contributed by atoms with Crippen LogP contribution in [0.3, 0.4) is 0 Å². The molecular weight excluding hydrogens is 238 g/mol. The van der Waals surface area contributed by atoms with Gasteiger partial charge in [0.1, 0.15) is 12.0 Å². The number of nitrogens with zero attached hydrogens (tertiary/aromatic N) is 2. The van der Waals surface area contributed by atoms with E-state index in [2.05, 4.69) is 10.3 Å². The zero-order chi connectivity index (χ0) is 12.3. The molecule has 0 saturated heterocycles. The molecule has 17 heavy (non-hydrogen) atoms. The first kappa shape index (κ1) is 11.5. The molecule has 2 aromatic rings. The minimum atomic E-state index is -0.425. The molecule has 0 radical (unpaired) electrons. The van der Waals surface area contributed by atoms with Crippen LogP contribution in [0.4, 0.5) is 11.5 Å². The summed E-state index contributed by atoms with van der Waals surface area (Å²) in [6.07, 6.45) is 1.28. The summed E-state index contributed by atoms with van der Waals surface area (Å²) in [5, 5.41) is 15.8. The summed E-state index contributed by atoms with van der Waals surface area (Å²) in [7, 11) is 0. The molecule has 2 heterocycles. The maximum atomic E-state index is 10.6. The third kappa shape index (κ3) is 2.79. The Balaban J connectivity index is 2.07. The average Bonchev–Trinajstić information content (AvgIpc) is 2.78. The lowest BCUT2D eigenvalue weighted by Crippen LogP contribution is -2.01. The van der Waals surface area contributed by atoms with Crippen LogP contribution >= 0.6 is 11.3 Å². The van der Waals surface area contributed by atoms with Gasteiger partial charge in [0.15, 0.2) is 0 Å². The minimum Gasteiger partial charge on any atom is -0.365 e. The van der Waals surface area contributed by atoms with E-state index in [1.807, 2.05) is 17.5 Å². The Morgan fingerprint density at radius 2 is 2.41 bits per heavy atom. The minimum absolute atomic E-state index is 0.0478. The zero-order valence-corrected chi connectivity index (χ0v) is 10.0. The van der Waals surface area contributed by atoms with Crippen molar-refractivity contribution in [3.8, 4) is 0 Å². The monoisotopic (exact) mass is 249 g/mol. The second-order valence-electron chi connectivity index (χ2n) is 3.55. The van der Waals surface area contributed by atoms with Gasteiger partial charge in [-0.25, -0.2) is 4.98 Å². The van der Waals surface area contributed by atoms with Gasteiger partial charge < -0.3 is 5.32 Å². The van der Waals surface area contributed by atoms with Crippen LogP contribution in [0.5, 0.6) is 0 Å². The Morgan fingerprint density at radius 1 is 1.59 bits per heavy atom. The fourth-order valence-corrected chi connectivity index (χ4v) is 2.07. The van der Waals surface area contributed by atoms with E-state index in [0.29, 0.717) is 17.9 Å². The molecule has 0 aliphatic rings. The third-order valence-electron chi connectivity index (χ3n) is 2.30. The van der Waals surface area contributed by atoms with Crippen molar-refractivity contribution in [2.75, 3.05) is 5.32 Å². The average molecular weight is 249 g/mol. The molecule has 0 aliphatic carbocycles. The highest BCUT2D eigenvalue weighted by atomic mass is 32.1. The molecule has 6 heteroatoms. The Kier molecular flexibility index (Phi) is 3.34. The van der Waals surface area contributed by atoms with Crippen molar-refractivity contribution in [2.45, 2.75) is 13.5 Å². The quantitative estimate of drug-likeness (QED) is 0.668. The molecule has 0 fully saturated rings. The lowest BCUT2D eigenvalue weighted by Gasteiger charge is -2.04. The summed E-state index contributed by atoms with van der Waals surface area (Å²) in [6.45, 7) is 2.39. The standard InChI is InChI=1S/C11H11N3O2S/c1-8-5-11(13-7-10(8)14(15)16)12-6-9-3-2-4-17-9/h2-5,7H,6H2,1H3,(H,12,13). The highest BCUT2D eigenvalue weighted by Gasteiger charge is 2.11. The van der Waals surface area contributed by atoms with E-state index in [9.17, 15) is 10.1 Å². The Morgan fingerprint density at radius 3 is 3.00 bits per heavy atom. The van der Waals surface area contributed by atoms with E-state index in [1.54, 1.807) is 24.3 Å². The van der Waals surface area contributed by atoms with Crippen molar-refractivity contribution in [3.05, 3.63) is 50.3 Å². The zero-order valence-electron chi connectivity index (χ0n) is 9.21. The van der Waals surface area contributed by atoms with Crippen molar-refractivity contribution in [1.82, 2.24) is 4.98 Å². The third-order valence-corrected chi connectivity index (χ3v) is 3.18. The summed E-state index contributed by atoms with van der Waals surface area (Å²) < 4.78 is 0. The highest BCUT2D eigenvalue weighted by molar-refractivity contribution is 7.09. The van der Waals surface area contributed by atoms with Crippen LogP contribution in [-0.2, 0) is 6.54 Å². The number of anilines is 1. The molecule has 5 nitrogen and oxygen atoms in total. The van der Waals surface area contributed by atoms with Crippen LogP contribution in [0.15, 0.2) is 29.8 Å². The first-order valence-electron chi connectivity index (χ1n) is 5.04. The topological polar surface area (TPSA) is 68.1 Å². The van der Waals surface area contributed by atoms with E-state index < -0.39 is 4.92 Å². The van der Waals surface area contributed by atoms with Gasteiger partial charge in [-0.3, -0.25) is 10.1 Å². The molecule has 0 spiro atoms. The molecule has 0 amide bonds. The molecule has 2 rings (SSSR count). The second kappa shape index (κ2) is 4.92. The molecule has 2 aromatic heterocycles. The molecular formula is C11H11N3O2S. The fourth-order valence-electron chi connectivity index (χ4n) is 1.43. The van der Waals surface area contributed by atoms with Crippen LogP contribution < -0.4 is 5.32 Å². The lowest BCUT2D eigenvalue weighted by molar-refractivity contribution is -0.385. The van der Waals surface area contributed by atoms with Crippen molar-refractivity contribution >= 4 is 22.8 Å². The maximum Gasteiger partial charge on any atom is 0.290 e. The summed E-state index contributed by atoms with van der Waals surface area (Å²) >= 11 is 1.66. The van der Waals surface area contributed by atoms with Crippen molar-refractivity contribution < 1.29 is 4.92 Å². The smallest absolute Gasteiger partial charge is 0.290 e. The van der Waals surface area contributed by atoms with Gasteiger partial charge in [0.2, 0.25) is 0 Å². The summed E-state index contributed by atoms with van der Waals surface area (Å²) in [5.74, 6) is 0.654. The van der Waals surface area contributed by atoms with Gasteiger partial charge >= 0.3 is 0 Å². The summed E-state index contributed by atoms with van der Waals surface area (Å²) in [5.41, 5.74) is 0.658. The SMILES string of the molecule is Cc1cc(NCc2cccs2)ncc1[N+](=O)[O-]. The Bertz CT molecular complexity index is 526. The molecule has 0 saturated carbocycles.